The van der Waals surface area contributed by atoms with Crippen molar-refractivity contribution in [2.45, 2.75) is 4.83 Å². The van der Waals surface area contributed by atoms with E-state index < -0.39 is 4.92 Å². The zero-order valence-electron chi connectivity index (χ0n) is 6.61. The number of non-ortho nitro benzene ring substituents is 1. The molecule has 70 valence electrons. The van der Waals surface area contributed by atoms with Gasteiger partial charge in [-0.05, 0) is 5.56 Å². The Hall–Kier alpha value is -0.420. The predicted molar refractivity (Wildman–Crippen MR) is 58.6 cm³/mol. The van der Waals surface area contributed by atoms with Gasteiger partial charge in [-0.15, -0.1) is 0 Å². The highest BCUT2D eigenvalue weighted by molar-refractivity contribution is 9.12. The van der Waals surface area contributed by atoms with Gasteiger partial charge in [0.25, 0.3) is 5.69 Å². The summed E-state index contributed by atoms with van der Waals surface area (Å²) in [6.07, 6.45) is 0. The predicted octanol–water partition coefficient (Wildman–Crippen LogP) is 3.43. The standard InChI is InChI=1S/C8H7Br2NO2/c9-5-8(10)6-1-3-7(4-2-6)11(12)13/h1-4,8H,5H2. The molecule has 0 fully saturated rings. The van der Waals surface area contributed by atoms with Crippen molar-refractivity contribution in [1.29, 1.82) is 0 Å². The molecular formula is C8H7Br2NO2. The van der Waals surface area contributed by atoms with Gasteiger partial charge in [0.15, 0.2) is 0 Å². The fourth-order valence-corrected chi connectivity index (χ4v) is 1.57. The van der Waals surface area contributed by atoms with E-state index in [9.17, 15) is 10.1 Å². The summed E-state index contributed by atoms with van der Waals surface area (Å²) in [7, 11) is 0. The van der Waals surface area contributed by atoms with E-state index in [2.05, 4.69) is 31.9 Å². The first-order valence-corrected chi connectivity index (χ1v) is 5.63. The summed E-state index contributed by atoms with van der Waals surface area (Å²) < 4.78 is 0. The van der Waals surface area contributed by atoms with Crippen molar-refractivity contribution in [2.24, 2.45) is 0 Å². The summed E-state index contributed by atoms with van der Waals surface area (Å²) in [6, 6.07) is 6.51. The summed E-state index contributed by atoms with van der Waals surface area (Å²) in [5.41, 5.74) is 1.15. The van der Waals surface area contributed by atoms with Crippen LogP contribution in [0, 0.1) is 10.1 Å². The van der Waals surface area contributed by atoms with Crippen molar-refractivity contribution in [3.05, 3.63) is 39.9 Å². The molecule has 0 aromatic heterocycles. The van der Waals surface area contributed by atoms with E-state index in [1.807, 2.05) is 0 Å². The lowest BCUT2D eigenvalue weighted by Crippen LogP contribution is -1.92. The van der Waals surface area contributed by atoms with Crippen LogP contribution >= 0.6 is 31.9 Å². The minimum absolute atomic E-state index is 0.123. The van der Waals surface area contributed by atoms with E-state index in [1.165, 1.54) is 12.1 Å². The number of benzene rings is 1. The van der Waals surface area contributed by atoms with Crippen LogP contribution in [-0.4, -0.2) is 10.3 Å². The molecule has 0 aliphatic carbocycles. The molecule has 13 heavy (non-hydrogen) atoms. The Bertz CT molecular complexity index is 300. The van der Waals surface area contributed by atoms with Crippen molar-refractivity contribution in [1.82, 2.24) is 0 Å². The Kier molecular flexibility index (Phi) is 3.87. The number of nitrogens with zero attached hydrogens (tertiary/aromatic N) is 1. The highest BCUT2D eigenvalue weighted by Gasteiger charge is 2.08. The Balaban J connectivity index is 2.87. The monoisotopic (exact) mass is 307 g/mol. The lowest BCUT2D eigenvalue weighted by atomic mass is 10.1. The molecule has 0 bridgehead atoms. The van der Waals surface area contributed by atoms with E-state index in [0.717, 1.165) is 10.9 Å². The topological polar surface area (TPSA) is 43.1 Å². The Labute approximate surface area is 92.5 Å². The molecule has 0 aliphatic rings. The fraction of sp³-hybridized carbons (Fsp3) is 0.250. The molecule has 1 unspecified atom stereocenters. The van der Waals surface area contributed by atoms with Crippen LogP contribution in [0.2, 0.25) is 0 Å². The molecule has 1 aromatic rings. The van der Waals surface area contributed by atoms with Crippen LogP contribution < -0.4 is 0 Å². The average Bonchev–Trinajstić information content (AvgIpc) is 2.17. The summed E-state index contributed by atoms with van der Waals surface area (Å²) in [5, 5.41) is 11.1. The van der Waals surface area contributed by atoms with Crippen LogP contribution in [0.1, 0.15) is 10.4 Å². The zero-order valence-corrected chi connectivity index (χ0v) is 9.79. The average molecular weight is 309 g/mol. The number of nitro benzene ring substituents is 1. The van der Waals surface area contributed by atoms with E-state index in [0.29, 0.717) is 0 Å². The molecular weight excluding hydrogens is 302 g/mol. The van der Waals surface area contributed by atoms with Gasteiger partial charge in [-0.2, -0.15) is 0 Å². The lowest BCUT2D eigenvalue weighted by Gasteiger charge is -2.04. The van der Waals surface area contributed by atoms with Crippen LogP contribution in [0.15, 0.2) is 24.3 Å². The third-order valence-electron chi connectivity index (χ3n) is 1.60. The minimum Gasteiger partial charge on any atom is -0.258 e. The van der Waals surface area contributed by atoms with E-state index >= 15 is 0 Å². The lowest BCUT2D eigenvalue weighted by molar-refractivity contribution is -0.384. The first-order valence-electron chi connectivity index (χ1n) is 3.59. The maximum absolute atomic E-state index is 10.3. The number of halogens is 2. The first-order chi connectivity index (χ1) is 6.15. The number of alkyl halides is 2. The van der Waals surface area contributed by atoms with Gasteiger partial charge in [0.2, 0.25) is 0 Å². The number of hydrogen-bond donors (Lipinski definition) is 0. The van der Waals surface area contributed by atoms with Crippen LogP contribution in [-0.2, 0) is 0 Å². The van der Waals surface area contributed by atoms with Gasteiger partial charge in [-0.1, -0.05) is 44.0 Å². The number of rotatable bonds is 3. The SMILES string of the molecule is O=[N+]([O-])c1ccc(C(Br)CBr)cc1. The first kappa shape index (κ1) is 10.7. The summed E-state index contributed by atoms with van der Waals surface area (Å²) >= 11 is 6.75. The van der Waals surface area contributed by atoms with Gasteiger partial charge in [-0.3, -0.25) is 10.1 Å². The highest BCUT2D eigenvalue weighted by atomic mass is 79.9. The van der Waals surface area contributed by atoms with Crippen molar-refractivity contribution in [3.63, 3.8) is 0 Å². The molecule has 1 rings (SSSR count). The fourth-order valence-electron chi connectivity index (χ4n) is 0.894. The van der Waals surface area contributed by atoms with Crippen LogP contribution in [0.3, 0.4) is 0 Å². The zero-order chi connectivity index (χ0) is 9.84. The summed E-state index contributed by atoms with van der Waals surface area (Å²) in [5.74, 6) is 0. The third-order valence-corrected chi connectivity index (χ3v) is 3.97. The smallest absolute Gasteiger partial charge is 0.258 e. The number of nitro groups is 1. The Morgan fingerprint density at radius 2 is 1.92 bits per heavy atom. The van der Waals surface area contributed by atoms with E-state index in [1.54, 1.807) is 12.1 Å². The van der Waals surface area contributed by atoms with Gasteiger partial charge < -0.3 is 0 Å². The normalized spacial score (nSPS) is 12.5. The van der Waals surface area contributed by atoms with Gasteiger partial charge in [0.1, 0.15) is 0 Å². The third kappa shape index (κ3) is 2.77. The van der Waals surface area contributed by atoms with Gasteiger partial charge in [-0.25, -0.2) is 0 Å². The second-order valence-corrected chi connectivity index (χ2v) is 4.22. The van der Waals surface area contributed by atoms with Crippen molar-refractivity contribution >= 4 is 37.5 Å². The van der Waals surface area contributed by atoms with Crippen LogP contribution in [0.25, 0.3) is 0 Å². The van der Waals surface area contributed by atoms with Gasteiger partial charge >= 0.3 is 0 Å². The Morgan fingerprint density at radius 1 is 1.38 bits per heavy atom. The summed E-state index contributed by atoms with van der Waals surface area (Å²) in [6.45, 7) is 0. The van der Waals surface area contributed by atoms with Crippen LogP contribution in [0.5, 0.6) is 0 Å². The molecule has 0 amide bonds. The summed E-state index contributed by atoms with van der Waals surface area (Å²) in [4.78, 5) is 10.1. The molecule has 0 saturated carbocycles. The molecule has 0 spiro atoms. The van der Waals surface area contributed by atoms with Crippen molar-refractivity contribution < 1.29 is 4.92 Å². The Morgan fingerprint density at radius 3 is 2.31 bits per heavy atom. The number of hydrogen-bond acceptors (Lipinski definition) is 2. The molecule has 0 aliphatic heterocycles. The van der Waals surface area contributed by atoms with E-state index in [-0.39, 0.29) is 10.5 Å². The molecule has 0 N–H and O–H groups in total. The minimum atomic E-state index is -0.402. The maximum atomic E-state index is 10.3. The molecule has 3 nitrogen and oxygen atoms in total. The molecule has 0 saturated heterocycles. The molecule has 0 radical (unpaired) electrons. The van der Waals surface area contributed by atoms with Gasteiger partial charge in [0.05, 0.1) is 4.92 Å². The van der Waals surface area contributed by atoms with Gasteiger partial charge in [0, 0.05) is 22.3 Å². The second-order valence-electron chi connectivity index (χ2n) is 2.47. The van der Waals surface area contributed by atoms with Crippen molar-refractivity contribution in [3.8, 4) is 0 Å². The highest BCUT2D eigenvalue weighted by Crippen LogP contribution is 2.26. The molecule has 5 heteroatoms. The largest absolute Gasteiger partial charge is 0.269 e. The van der Waals surface area contributed by atoms with Crippen LogP contribution in [0.4, 0.5) is 5.69 Å². The quantitative estimate of drug-likeness (QED) is 0.488. The van der Waals surface area contributed by atoms with Crippen molar-refractivity contribution in [2.75, 3.05) is 5.33 Å². The molecule has 1 aromatic carbocycles. The van der Waals surface area contributed by atoms with E-state index in [4.69, 9.17) is 0 Å². The molecule has 0 heterocycles. The maximum Gasteiger partial charge on any atom is 0.269 e. The second kappa shape index (κ2) is 4.72. The molecule has 1 atom stereocenters.